The lowest BCUT2D eigenvalue weighted by molar-refractivity contribution is -0.124. The molecule has 0 aliphatic rings. The predicted octanol–water partition coefficient (Wildman–Crippen LogP) is 4.43. The number of nitrogens with one attached hydrogen (secondary N) is 2. The third-order valence-electron chi connectivity index (χ3n) is 7.59. The van der Waals surface area contributed by atoms with Crippen LogP contribution in [-0.2, 0) is 27.8 Å². The molecule has 0 saturated carbocycles. The Kier molecular flexibility index (Phi) is 14.5. The molecule has 2 aromatic carbocycles. The Morgan fingerprint density at radius 3 is 2.23 bits per heavy atom. The first kappa shape index (κ1) is 38.6. The van der Waals surface area contributed by atoms with Crippen molar-refractivity contribution in [2.45, 2.75) is 83.5 Å². The highest BCUT2D eigenvalue weighted by molar-refractivity contribution is 7.89. The summed E-state index contributed by atoms with van der Waals surface area (Å²) in [6.45, 7) is 11.8. The fourth-order valence-corrected chi connectivity index (χ4v) is 7.39. The molecule has 3 amide bonds. The summed E-state index contributed by atoms with van der Waals surface area (Å²) >= 11 is 1.55. The molecule has 0 unspecified atom stereocenters. The number of carbonyl (C=O) groups excluding carboxylic acids is 2. The zero-order chi connectivity index (χ0) is 35.4. The fraction of sp³-hybridized carbons (Fsp3) is 0.471. The third kappa shape index (κ3) is 11.1. The summed E-state index contributed by atoms with van der Waals surface area (Å²) in [6.07, 6.45) is 0.121. The maximum absolute atomic E-state index is 13.8. The number of nitrogens with zero attached hydrogens (tertiary/aromatic N) is 4. The Morgan fingerprint density at radius 1 is 1.00 bits per heavy atom. The standard InChI is InChI=1S/C34H48N6O6S2/c1-7-39(20-28-22-47-33(37-28)24(4)5)34(43)36-25(6)32(42)38-30(17-26-11-9-8-10-12-26)31(41)21-40(19-23(2)3)48(45,46)29-15-13-27(14-16-29)18-35-44/h8-16,18,22-25,30-31,41,44H,7,17,19-21H2,1-6H3,(H,36,43)(H,38,42)/b35-18+/t25-,30-,31+/m0/s1. The molecule has 0 fully saturated rings. The molecule has 12 nitrogen and oxygen atoms in total. The third-order valence-corrected chi connectivity index (χ3v) is 10.6. The second kappa shape index (κ2) is 18.1. The van der Waals surface area contributed by atoms with Gasteiger partial charge in [0.2, 0.25) is 15.9 Å². The molecule has 3 aromatic rings. The van der Waals surface area contributed by atoms with Crippen molar-refractivity contribution in [3.63, 3.8) is 0 Å². The van der Waals surface area contributed by atoms with Crippen LogP contribution < -0.4 is 10.6 Å². The van der Waals surface area contributed by atoms with Crippen LogP contribution in [0.5, 0.6) is 0 Å². The van der Waals surface area contributed by atoms with Crippen LogP contribution in [0.3, 0.4) is 0 Å². The van der Waals surface area contributed by atoms with Gasteiger partial charge in [0.05, 0.1) is 40.5 Å². The number of oxime groups is 1. The van der Waals surface area contributed by atoms with Crippen LogP contribution in [0.25, 0.3) is 0 Å². The van der Waals surface area contributed by atoms with E-state index >= 15 is 0 Å². The van der Waals surface area contributed by atoms with Gasteiger partial charge in [-0.05, 0) is 49.4 Å². The molecular formula is C34H48N6O6S2. The lowest BCUT2D eigenvalue weighted by atomic mass is 10.0. The van der Waals surface area contributed by atoms with E-state index in [1.165, 1.54) is 34.8 Å². The summed E-state index contributed by atoms with van der Waals surface area (Å²) < 4.78 is 28.7. The van der Waals surface area contributed by atoms with Gasteiger partial charge in [-0.3, -0.25) is 4.79 Å². The van der Waals surface area contributed by atoms with Crippen molar-refractivity contribution < 1.29 is 28.3 Å². The van der Waals surface area contributed by atoms with Crippen LogP contribution in [-0.4, -0.2) is 88.9 Å². The van der Waals surface area contributed by atoms with Crippen molar-refractivity contribution in [3.05, 3.63) is 81.8 Å². The van der Waals surface area contributed by atoms with Gasteiger partial charge in [0.25, 0.3) is 0 Å². The van der Waals surface area contributed by atoms with Gasteiger partial charge in [-0.25, -0.2) is 18.2 Å². The lowest BCUT2D eigenvalue weighted by Crippen LogP contribution is -2.56. The molecule has 4 N–H and O–H groups in total. The Labute approximate surface area is 287 Å². The predicted molar refractivity (Wildman–Crippen MR) is 188 cm³/mol. The van der Waals surface area contributed by atoms with E-state index in [0.29, 0.717) is 18.7 Å². The monoisotopic (exact) mass is 700 g/mol. The average Bonchev–Trinajstić information content (AvgIpc) is 3.52. The molecule has 0 radical (unpaired) electrons. The zero-order valence-electron chi connectivity index (χ0n) is 28.4. The number of amides is 3. The van der Waals surface area contributed by atoms with Gasteiger partial charge < -0.3 is 25.8 Å². The maximum Gasteiger partial charge on any atom is 0.318 e. The van der Waals surface area contributed by atoms with Crippen LogP contribution in [0.2, 0.25) is 0 Å². The Morgan fingerprint density at radius 2 is 1.67 bits per heavy atom. The van der Waals surface area contributed by atoms with Crippen LogP contribution in [0.15, 0.2) is 70.0 Å². The number of thiazole rings is 1. The molecule has 3 rings (SSSR count). The first-order valence-corrected chi connectivity index (χ1v) is 18.4. The lowest BCUT2D eigenvalue weighted by Gasteiger charge is -2.31. The number of aromatic nitrogens is 1. The summed E-state index contributed by atoms with van der Waals surface area (Å²) in [5.74, 6) is -0.296. The number of aliphatic hydroxyl groups is 1. The Hall–Kier alpha value is -3.85. The van der Waals surface area contributed by atoms with Crippen LogP contribution in [0.1, 0.15) is 69.3 Å². The van der Waals surface area contributed by atoms with E-state index in [4.69, 9.17) is 5.21 Å². The zero-order valence-corrected chi connectivity index (χ0v) is 30.0. The highest BCUT2D eigenvalue weighted by atomic mass is 32.2. The van der Waals surface area contributed by atoms with Gasteiger partial charge in [-0.1, -0.05) is 75.3 Å². The van der Waals surface area contributed by atoms with Crippen molar-refractivity contribution in [1.82, 2.24) is 24.8 Å². The van der Waals surface area contributed by atoms with Crippen molar-refractivity contribution in [2.24, 2.45) is 11.1 Å². The van der Waals surface area contributed by atoms with Crippen LogP contribution >= 0.6 is 11.3 Å². The van der Waals surface area contributed by atoms with Crippen molar-refractivity contribution in [2.75, 3.05) is 19.6 Å². The van der Waals surface area contributed by atoms with E-state index < -0.39 is 40.1 Å². The molecule has 0 spiro atoms. The summed E-state index contributed by atoms with van der Waals surface area (Å²) in [5.41, 5.74) is 2.13. The first-order chi connectivity index (χ1) is 22.7. The Bertz CT molecular complexity index is 1600. The number of urea groups is 1. The molecule has 0 aliphatic heterocycles. The highest BCUT2D eigenvalue weighted by Gasteiger charge is 2.32. The molecule has 1 aromatic heterocycles. The molecule has 1 heterocycles. The summed E-state index contributed by atoms with van der Waals surface area (Å²) in [7, 11) is -4.04. The summed E-state index contributed by atoms with van der Waals surface area (Å²) in [4.78, 5) is 32.8. The van der Waals surface area contributed by atoms with Gasteiger partial charge in [-0.2, -0.15) is 4.31 Å². The quantitative estimate of drug-likeness (QED) is 0.0919. The minimum Gasteiger partial charge on any atom is -0.411 e. The van der Waals surface area contributed by atoms with E-state index in [1.807, 2.05) is 56.5 Å². The number of benzene rings is 2. The minimum atomic E-state index is -4.04. The normalized spacial score (nSPS) is 14.0. The largest absolute Gasteiger partial charge is 0.411 e. The summed E-state index contributed by atoms with van der Waals surface area (Å²) in [6, 6.07) is 12.9. The topological polar surface area (TPSA) is 165 Å². The molecule has 3 atom stereocenters. The van der Waals surface area contributed by atoms with Crippen molar-refractivity contribution in [3.8, 4) is 0 Å². The molecule has 0 saturated heterocycles. The van der Waals surface area contributed by atoms with Gasteiger partial charge >= 0.3 is 6.03 Å². The number of hydrogen-bond donors (Lipinski definition) is 4. The van der Waals surface area contributed by atoms with E-state index in [1.54, 1.807) is 23.2 Å². The first-order valence-electron chi connectivity index (χ1n) is 16.0. The van der Waals surface area contributed by atoms with E-state index in [9.17, 15) is 23.1 Å². The average molecular weight is 701 g/mol. The van der Waals surface area contributed by atoms with Crippen molar-refractivity contribution >= 4 is 39.5 Å². The second-order valence-corrected chi connectivity index (χ2v) is 15.2. The number of carbonyl (C=O) groups is 2. The molecule has 0 aliphatic carbocycles. The van der Waals surface area contributed by atoms with Gasteiger partial charge in [0, 0.05) is 30.9 Å². The van der Waals surface area contributed by atoms with Crippen molar-refractivity contribution in [1.29, 1.82) is 0 Å². The van der Waals surface area contributed by atoms with E-state index in [-0.39, 0.29) is 36.2 Å². The van der Waals surface area contributed by atoms with Gasteiger partial charge in [0.15, 0.2) is 0 Å². The Balaban J connectivity index is 1.78. The second-order valence-electron chi connectivity index (χ2n) is 12.4. The molecule has 0 bridgehead atoms. The molecular weight excluding hydrogens is 653 g/mol. The highest BCUT2D eigenvalue weighted by Crippen LogP contribution is 2.21. The number of sulfonamides is 1. The van der Waals surface area contributed by atoms with Gasteiger partial charge in [0.1, 0.15) is 6.04 Å². The van der Waals surface area contributed by atoms with E-state index in [0.717, 1.165) is 16.3 Å². The van der Waals surface area contributed by atoms with Crippen LogP contribution in [0.4, 0.5) is 4.79 Å². The molecule has 48 heavy (non-hydrogen) atoms. The fourth-order valence-electron chi connectivity index (χ4n) is 4.94. The SMILES string of the molecule is CCN(Cc1csc(C(C)C)n1)C(=O)N[C@@H](C)C(=O)N[C@@H](Cc1ccccc1)[C@H](O)CN(CC(C)C)S(=O)(=O)c1ccc(/C=N/O)cc1. The maximum atomic E-state index is 13.8. The number of rotatable bonds is 17. The number of aliphatic hydroxyl groups excluding tert-OH is 1. The number of hydrogen-bond acceptors (Lipinski definition) is 9. The molecule has 262 valence electrons. The summed E-state index contributed by atoms with van der Waals surface area (Å²) in [5, 5.41) is 31.9. The smallest absolute Gasteiger partial charge is 0.318 e. The molecule has 14 heteroatoms. The van der Waals surface area contributed by atoms with Crippen LogP contribution in [0, 0.1) is 5.92 Å². The van der Waals surface area contributed by atoms with Gasteiger partial charge in [-0.15, -0.1) is 11.3 Å². The van der Waals surface area contributed by atoms with E-state index in [2.05, 4.69) is 34.6 Å². The minimum absolute atomic E-state index is 0.0176.